The molecule has 0 fully saturated rings. The number of carbonyl (C=O) groups is 2. The second kappa shape index (κ2) is 28.3. The van der Waals surface area contributed by atoms with Gasteiger partial charge in [-0.2, -0.15) is 0 Å². The molecule has 0 unspecified atom stereocenters. The van der Waals surface area contributed by atoms with Gasteiger partial charge < -0.3 is 14.2 Å². The van der Waals surface area contributed by atoms with Crippen LogP contribution in [0.3, 0.4) is 0 Å². The molecule has 0 aliphatic carbocycles. The van der Waals surface area contributed by atoms with Gasteiger partial charge in [0.2, 0.25) is 0 Å². The molecule has 1 atom stereocenters. The molecule has 0 aliphatic heterocycles. The van der Waals surface area contributed by atoms with Crippen molar-refractivity contribution >= 4 is 11.8 Å². The number of esters is 1. The van der Waals surface area contributed by atoms with E-state index >= 15 is 0 Å². The molecule has 43 heavy (non-hydrogen) atoms. The lowest BCUT2D eigenvalue weighted by Gasteiger charge is -2.24. The summed E-state index contributed by atoms with van der Waals surface area (Å²) in [6.07, 6.45) is 17.5. The van der Waals surface area contributed by atoms with E-state index in [2.05, 4.69) is 58.9 Å². The molecule has 0 amide bonds. The number of nitrogens with zero attached hydrogens (tertiary/aromatic N) is 1. The van der Waals surface area contributed by atoms with Crippen LogP contribution in [-0.2, 0) is 23.8 Å². The maximum Gasteiger partial charge on any atom is 0.320 e. The van der Waals surface area contributed by atoms with Gasteiger partial charge in [0.25, 0.3) is 0 Å². The van der Waals surface area contributed by atoms with E-state index in [9.17, 15) is 9.59 Å². The molecule has 0 spiro atoms. The van der Waals surface area contributed by atoms with Gasteiger partial charge in [-0.3, -0.25) is 14.5 Å². The highest BCUT2D eigenvalue weighted by atomic mass is 16.5. The van der Waals surface area contributed by atoms with Gasteiger partial charge in [-0.1, -0.05) is 130 Å². The Labute approximate surface area is 264 Å². The summed E-state index contributed by atoms with van der Waals surface area (Å²) in [5.41, 5.74) is 5.81. The zero-order valence-electron chi connectivity index (χ0n) is 28.2. The molecule has 246 valence electrons. The molecule has 0 saturated carbocycles. The van der Waals surface area contributed by atoms with Gasteiger partial charge >= 0.3 is 5.97 Å². The van der Waals surface area contributed by atoms with Crippen LogP contribution in [0.4, 0.5) is 0 Å². The van der Waals surface area contributed by atoms with Crippen molar-refractivity contribution in [1.29, 1.82) is 0 Å². The highest BCUT2D eigenvalue weighted by molar-refractivity contribution is 5.89. The van der Waals surface area contributed by atoms with Crippen LogP contribution in [0.1, 0.15) is 124 Å². The summed E-state index contributed by atoms with van der Waals surface area (Å²) in [7, 11) is 0. The Morgan fingerprint density at radius 3 is 1.74 bits per heavy atom. The van der Waals surface area contributed by atoms with Gasteiger partial charge in [0.1, 0.15) is 0 Å². The van der Waals surface area contributed by atoms with Crippen molar-refractivity contribution in [3.63, 3.8) is 0 Å². The summed E-state index contributed by atoms with van der Waals surface area (Å²) in [4.78, 5) is 26.8. The molecule has 0 aromatic carbocycles. The molecule has 6 nitrogen and oxygen atoms in total. The summed E-state index contributed by atoms with van der Waals surface area (Å²) >= 11 is 0. The van der Waals surface area contributed by atoms with E-state index in [1.807, 2.05) is 4.90 Å². The van der Waals surface area contributed by atoms with Gasteiger partial charge in [-0.25, -0.2) is 0 Å². The second-order valence-corrected chi connectivity index (χ2v) is 12.0. The minimum absolute atomic E-state index is 0.0134. The monoisotopic (exact) mass is 601 g/mol. The molecular weight excluding hydrogens is 538 g/mol. The zero-order valence-corrected chi connectivity index (χ0v) is 28.2. The minimum Gasteiger partial charge on any atom is -0.489 e. The number of ether oxygens (including phenoxy) is 3. The fourth-order valence-corrected chi connectivity index (χ4v) is 4.65. The Morgan fingerprint density at radius 1 is 0.721 bits per heavy atom. The Kier molecular flexibility index (Phi) is 26.6. The minimum atomic E-state index is -0.289. The summed E-state index contributed by atoms with van der Waals surface area (Å²) < 4.78 is 17.7. The van der Waals surface area contributed by atoms with E-state index in [0.29, 0.717) is 56.8 Å². The van der Waals surface area contributed by atoms with Crippen molar-refractivity contribution in [3.05, 3.63) is 48.8 Å². The Bertz CT molecular complexity index is 851. The third-order valence-electron chi connectivity index (χ3n) is 7.38. The van der Waals surface area contributed by atoms with E-state index in [-0.39, 0.29) is 24.2 Å². The largest absolute Gasteiger partial charge is 0.489 e. The number of hydrogen-bond acceptors (Lipinski definition) is 6. The Hall–Kier alpha value is -2.52. The van der Waals surface area contributed by atoms with E-state index < -0.39 is 0 Å². The molecule has 0 aromatic rings. The van der Waals surface area contributed by atoms with Crippen LogP contribution in [0.5, 0.6) is 0 Å². The number of carbonyl (C=O) groups excluding carboxylic acids is 2. The van der Waals surface area contributed by atoms with Gasteiger partial charge in [0.15, 0.2) is 17.3 Å². The van der Waals surface area contributed by atoms with Crippen molar-refractivity contribution < 1.29 is 23.8 Å². The third-order valence-corrected chi connectivity index (χ3v) is 7.38. The first kappa shape index (κ1) is 40.5. The lowest BCUT2D eigenvalue weighted by atomic mass is 9.94. The van der Waals surface area contributed by atoms with Crippen molar-refractivity contribution in [2.24, 2.45) is 11.8 Å². The molecule has 0 rings (SSSR count). The van der Waals surface area contributed by atoms with E-state index in [0.717, 1.165) is 38.5 Å². The van der Waals surface area contributed by atoms with Crippen molar-refractivity contribution in [2.45, 2.75) is 124 Å². The van der Waals surface area contributed by atoms with Gasteiger partial charge in [0.05, 0.1) is 39.5 Å². The fraction of sp³-hybridized carbons (Fsp3) is 0.730. The molecule has 0 bridgehead atoms. The highest BCUT2D eigenvalue weighted by Gasteiger charge is 2.19. The predicted molar refractivity (Wildman–Crippen MR) is 179 cm³/mol. The SMILES string of the molecule is C=C=C(CN(CC(=O)OCCCCCCCC)CC(=C=C)OC[C@H](CCC(C)C)CC(=O)C=C)OCCCCCCCC. The molecule has 6 heteroatoms. The van der Waals surface area contributed by atoms with Gasteiger partial charge in [-0.05, 0) is 31.3 Å². The molecular formula is C37H63NO5. The molecule has 0 heterocycles. The molecule has 0 aromatic heterocycles. The van der Waals surface area contributed by atoms with Gasteiger partial charge in [-0.15, -0.1) is 0 Å². The number of hydrogen-bond donors (Lipinski definition) is 0. The third kappa shape index (κ3) is 24.6. The van der Waals surface area contributed by atoms with E-state index in [4.69, 9.17) is 14.2 Å². The molecule has 0 radical (unpaired) electrons. The molecule has 0 saturated heterocycles. The summed E-state index contributed by atoms with van der Waals surface area (Å²) in [5, 5.41) is 0. The van der Waals surface area contributed by atoms with Crippen LogP contribution in [0.25, 0.3) is 0 Å². The first-order chi connectivity index (χ1) is 20.8. The molecule has 0 aliphatic rings. The quantitative estimate of drug-likeness (QED) is 0.0269. The topological polar surface area (TPSA) is 65.1 Å². The lowest BCUT2D eigenvalue weighted by molar-refractivity contribution is -0.145. The standard InChI is InChI=1S/C37H63NO5/c1-8-13-15-17-19-21-25-41-35(11-4)28-38(30-37(40)42-26-22-20-18-16-14-9-2)29-36(12-5)43-31-33(24-23-32(6)7)27-34(39)10-3/h10,32-33H,3-5,8-9,13-31H2,1-2,6-7H3/t33-/m1/s1. The zero-order chi connectivity index (χ0) is 32.1. The maximum absolute atomic E-state index is 12.8. The van der Waals surface area contributed by atoms with Gasteiger partial charge in [0, 0.05) is 12.3 Å². The average molecular weight is 602 g/mol. The van der Waals surface area contributed by atoms with E-state index in [1.54, 1.807) is 0 Å². The Balaban J connectivity index is 5.21. The second-order valence-electron chi connectivity index (χ2n) is 12.0. The lowest BCUT2D eigenvalue weighted by Crippen LogP contribution is -2.35. The molecule has 0 N–H and O–H groups in total. The number of ketones is 1. The smallest absolute Gasteiger partial charge is 0.320 e. The van der Waals surface area contributed by atoms with Crippen LogP contribution < -0.4 is 0 Å². The first-order valence-electron chi connectivity index (χ1n) is 16.9. The van der Waals surface area contributed by atoms with Crippen molar-refractivity contribution in [1.82, 2.24) is 4.90 Å². The number of unbranched alkanes of at least 4 members (excludes halogenated alkanes) is 10. The summed E-state index contributed by atoms with van der Waals surface area (Å²) in [6.45, 7) is 22.1. The fourth-order valence-electron chi connectivity index (χ4n) is 4.65. The van der Waals surface area contributed by atoms with E-state index in [1.165, 1.54) is 57.4 Å². The summed E-state index contributed by atoms with van der Waals surface area (Å²) in [6, 6.07) is 0. The van der Waals surface area contributed by atoms with Crippen molar-refractivity contribution in [2.75, 3.05) is 39.5 Å². The van der Waals surface area contributed by atoms with Crippen LogP contribution in [0.15, 0.2) is 48.8 Å². The summed E-state index contributed by atoms with van der Waals surface area (Å²) in [5.74, 6) is 1.43. The highest BCUT2D eigenvalue weighted by Crippen LogP contribution is 2.19. The number of allylic oxidation sites excluding steroid dienone is 1. The van der Waals surface area contributed by atoms with Crippen LogP contribution in [0.2, 0.25) is 0 Å². The van der Waals surface area contributed by atoms with Crippen LogP contribution in [-0.4, -0.2) is 56.1 Å². The van der Waals surface area contributed by atoms with Crippen LogP contribution >= 0.6 is 0 Å². The first-order valence-corrected chi connectivity index (χ1v) is 16.9. The Morgan fingerprint density at radius 2 is 1.23 bits per heavy atom. The predicted octanol–water partition coefficient (Wildman–Crippen LogP) is 9.12. The average Bonchev–Trinajstić information content (AvgIpc) is 2.99. The van der Waals surface area contributed by atoms with Crippen molar-refractivity contribution in [3.8, 4) is 0 Å². The number of rotatable bonds is 30. The maximum atomic E-state index is 12.8. The van der Waals surface area contributed by atoms with Crippen LogP contribution in [0, 0.1) is 11.8 Å². The normalized spacial score (nSPS) is 11.5.